The summed E-state index contributed by atoms with van der Waals surface area (Å²) in [6, 6.07) is 12.2. The Labute approximate surface area is 172 Å². The summed E-state index contributed by atoms with van der Waals surface area (Å²) in [5.41, 5.74) is 3.62. The molecule has 156 valence electrons. The Morgan fingerprint density at radius 1 is 0.966 bits per heavy atom. The van der Waals surface area contributed by atoms with Crippen molar-refractivity contribution in [3.05, 3.63) is 59.2 Å². The molecule has 0 aliphatic carbocycles. The summed E-state index contributed by atoms with van der Waals surface area (Å²) in [5.74, 6) is -0.646. The van der Waals surface area contributed by atoms with Crippen molar-refractivity contribution in [3.8, 4) is 0 Å². The van der Waals surface area contributed by atoms with E-state index in [4.69, 9.17) is 0 Å². The van der Waals surface area contributed by atoms with E-state index in [-0.39, 0.29) is 36.2 Å². The Bertz CT molecular complexity index is 985. The SMILES string of the molecule is Cc1ccc(NC(=O)CN(C)C(=O)CCNS(=O)(=O)c2ccc(C)c(C)c2)cc1. The minimum atomic E-state index is -3.69. The number of nitrogens with one attached hydrogen (secondary N) is 2. The second kappa shape index (κ2) is 9.67. The average molecular weight is 418 g/mol. The van der Waals surface area contributed by atoms with Gasteiger partial charge in [-0.3, -0.25) is 9.59 Å². The van der Waals surface area contributed by atoms with E-state index in [1.54, 1.807) is 24.3 Å². The van der Waals surface area contributed by atoms with Crippen LogP contribution < -0.4 is 10.0 Å². The van der Waals surface area contributed by atoms with E-state index < -0.39 is 10.0 Å². The Kier molecular flexibility index (Phi) is 7.53. The fraction of sp³-hybridized carbons (Fsp3) is 0.333. The van der Waals surface area contributed by atoms with Crippen LogP contribution in [0.4, 0.5) is 5.69 Å². The molecule has 0 unspecified atom stereocenters. The van der Waals surface area contributed by atoms with E-state index in [1.165, 1.54) is 18.0 Å². The summed E-state index contributed by atoms with van der Waals surface area (Å²) in [6.45, 7) is 5.54. The van der Waals surface area contributed by atoms with E-state index in [9.17, 15) is 18.0 Å². The van der Waals surface area contributed by atoms with Gasteiger partial charge in [-0.25, -0.2) is 13.1 Å². The number of carbonyl (C=O) groups is 2. The molecular weight excluding hydrogens is 390 g/mol. The summed E-state index contributed by atoms with van der Waals surface area (Å²) in [6.07, 6.45) is -0.0433. The zero-order valence-corrected chi connectivity index (χ0v) is 18.0. The average Bonchev–Trinajstić information content (AvgIpc) is 2.65. The predicted molar refractivity (Wildman–Crippen MR) is 113 cm³/mol. The minimum absolute atomic E-state index is 0.0433. The number of aryl methyl sites for hydroxylation is 3. The number of hydrogen-bond donors (Lipinski definition) is 2. The van der Waals surface area contributed by atoms with Crippen LogP contribution in [0, 0.1) is 20.8 Å². The van der Waals surface area contributed by atoms with Gasteiger partial charge >= 0.3 is 0 Å². The zero-order chi connectivity index (χ0) is 21.6. The predicted octanol–water partition coefficient (Wildman–Crippen LogP) is 2.38. The molecule has 0 aromatic heterocycles. The maximum atomic E-state index is 12.4. The highest BCUT2D eigenvalue weighted by Crippen LogP contribution is 2.14. The second-order valence-corrected chi connectivity index (χ2v) is 8.82. The fourth-order valence-electron chi connectivity index (χ4n) is 2.59. The number of amides is 2. The van der Waals surface area contributed by atoms with E-state index in [0.29, 0.717) is 5.69 Å². The van der Waals surface area contributed by atoms with E-state index >= 15 is 0 Å². The molecule has 0 bridgehead atoms. The first-order valence-corrected chi connectivity index (χ1v) is 10.7. The number of anilines is 1. The fourth-order valence-corrected chi connectivity index (χ4v) is 3.71. The molecular formula is C21H27N3O4S. The van der Waals surface area contributed by atoms with E-state index in [1.807, 2.05) is 32.9 Å². The Morgan fingerprint density at radius 3 is 2.24 bits per heavy atom. The van der Waals surface area contributed by atoms with Crippen LogP contribution in [-0.2, 0) is 19.6 Å². The van der Waals surface area contributed by atoms with Gasteiger partial charge in [0.25, 0.3) is 0 Å². The lowest BCUT2D eigenvalue weighted by Gasteiger charge is -2.17. The third-order valence-corrected chi connectivity index (χ3v) is 6.02. The first kappa shape index (κ1) is 22.6. The van der Waals surface area contributed by atoms with Gasteiger partial charge in [0.1, 0.15) is 0 Å². The molecule has 0 fully saturated rings. The Hall–Kier alpha value is -2.71. The molecule has 7 nitrogen and oxygen atoms in total. The van der Waals surface area contributed by atoms with Crippen molar-refractivity contribution in [1.29, 1.82) is 0 Å². The third-order valence-electron chi connectivity index (χ3n) is 4.56. The normalized spacial score (nSPS) is 11.2. The largest absolute Gasteiger partial charge is 0.336 e. The van der Waals surface area contributed by atoms with Crippen LogP contribution in [-0.4, -0.2) is 45.3 Å². The maximum absolute atomic E-state index is 12.4. The molecule has 0 aliphatic rings. The quantitative estimate of drug-likeness (QED) is 0.689. The van der Waals surface area contributed by atoms with Gasteiger partial charge in [0.2, 0.25) is 21.8 Å². The Morgan fingerprint density at radius 2 is 1.62 bits per heavy atom. The molecule has 0 saturated carbocycles. The summed E-state index contributed by atoms with van der Waals surface area (Å²) in [7, 11) is -2.18. The molecule has 2 aromatic carbocycles. The monoisotopic (exact) mass is 417 g/mol. The van der Waals surface area contributed by atoms with Crippen molar-refractivity contribution >= 4 is 27.5 Å². The number of benzene rings is 2. The second-order valence-electron chi connectivity index (χ2n) is 7.06. The van der Waals surface area contributed by atoms with Crippen molar-refractivity contribution in [1.82, 2.24) is 9.62 Å². The van der Waals surface area contributed by atoms with Gasteiger partial charge in [-0.15, -0.1) is 0 Å². The van der Waals surface area contributed by atoms with Gasteiger partial charge < -0.3 is 10.2 Å². The first-order valence-electron chi connectivity index (χ1n) is 9.26. The lowest BCUT2D eigenvalue weighted by atomic mass is 10.1. The molecule has 0 atom stereocenters. The number of nitrogens with zero attached hydrogens (tertiary/aromatic N) is 1. The van der Waals surface area contributed by atoms with Crippen molar-refractivity contribution in [3.63, 3.8) is 0 Å². The van der Waals surface area contributed by atoms with Crippen LogP contribution in [0.15, 0.2) is 47.4 Å². The van der Waals surface area contributed by atoms with Crippen LogP contribution >= 0.6 is 0 Å². The van der Waals surface area contributed by atoms with Crippen molar-refractivity contribution in [2.75, 3.05) is 25.5 Å². The molecule has 0 saturated heterocycles. The summed E-state index contributed by atoms with van der Waals surface area (Å²) in [4.78, 5) is 25.7. The number of carbonyl (C=O) groups excluding carboxylic acids is 2. The number of likely N-dealkylation sites (N-methyl/N-ethyl adjacent to an activating group) is 1. The van der Waals surface area contributed by atoms with Gasteiger partial charge in [0, 0.05) is 25.7 Å². The van der Waals surface area contributed by atoms with Gasteiger partial charge in [-0.2, -0.15) is 0 Å². The molecule has 2 aromatic rings. The summed E-state index contributed by atoms with van der Waals surface area (Å²) < 4.78 is 27.1. The molecule has 0 radical (unpaired) electrons. The standard InChI is InChI=1S/C21H27N3O4S/c1-15-5-8-18(9-6-15)23-20(25)14-24(4)21(26)11-12-22-29(27,28)19-10-7-16(2)17(3)13-19/h5-10,13,22H,11-12,14H2,1-4H3,(H,23,25). The zero-order valence-electron chi connectivity index (χ0n) is 17.2. The van der Waals surface area contributed by atoms with Crippen LogP contribution in [0.2, 0.25) is 0 Å². The molecule has 2 rings (SSSR count). The van der Waals surface area contributed by atoms with Gasteiger partial charge in [0.05, 0.1) is 11.4 Å². The number of sulfonamides is 1. The lowest BCUT2D eigenvalue weighted by Crippen LogP contribution is -2.37. The van der Waals surface area contributed by atoms with Gasteiger partial charge in [-0.1, -0.05) is 23.8 Å². The molecule has 2 N–H and O–H groups in total. The van der Waals surface area contributed by atoms with Gasteiger partial charge in [-0.05, 0) is 56.2 Å². The summed E-state index contributed by atoms with van der Waals surface area (Å²) in [5, 5.41) is 2.72. The highest BCUT2D eigenvalue weighted by Gasteiger charge is 2.17. The van der Waals surface area contributed by atoms with Crippen LogP contribution in [0.5, 0.6) is 0 Å². The van der Waals surface area contributed by atoms with E-state index in [2.05, 4.69) is 10.0 Å². The van der Waals surface area contributed by atoms with Crippen LogP contribution in [0.25, 0.3) is 0 Å². The summed E-state index contributed by atoms with van der Waals surface area (Å²) >= 11 is 0. The maximum Gasteiger partial charge on any atom is 0.243 e. The van der Waals surface area contributed by atoms with Crippen LogP contribution in [0.3, 0.4) is 0 Å². The molecule has 8 heteroatoms. The number of hydrogen-bond acceptors (Lipinski definition) is 4. The van der Waals surface area contributed by atoms with Crippen molar-refractivity contribution in [2.45, 2.75) is 32.1 Å². The topological polar surface area (TPSA) is 95.6 Å². The first-order chi connectivity index (χ1) is 13.6. The Balaban J connectivity index is 1.82. The molecule has 29 heavy (non-hydrogen) atoms. The molecule has 0 spiro atoms. The molecule has 0 heterocycles. The lowest BCUT2D eigenvalue weighted by molar-refractivity contribution is -0.133. The van der Waals surface area contributed by atoms with Crippen molar-refractivity contribution < 1.29 is 18.0 Å². The van der Waals surface area contributed by atoms with Gasteiger partial charge in [0.15, 0.2) is 0 Å². The third kappa shape index (κ3) is 6.69. The highest BCUT2D eigenvalue weighted by atomic mass is 32.2. The molecule has 0 aliphatic heterocycles. The minimum Gasteiger partial charge on any atom is -0.336 e. The van der Waals surface area contributed by atoms with E-state index in [0.717, 1.165) is 16.7 Å². The highest BCUT2D eigenvalue weighted by molar-refractivity contribution is 7.89. The van der Waals surface area contributed by atoms with Crippen LogP contribution in [0.1, 0.15) is 23.1 Å². The van der Waals surface area contributed by atoms with Crippen molar-refractivity contribution in [2.24, 2.45) is 0 Å². The number of rotatable bonds is 8. The molecule has 2 amide bonds. The smallest absolute Gasteiger partial charge is 0.243 e.